The molecule has 24 heteroatoms. The number of ether oxygens (including phenoxy) is 6. The number of nitrogens with zero attached hydrogens (tertiary/aromatic N) is 4. The number of allylic oxidation sites excluding steroid dienone is 2. The highest BCUT2D eigenvalue weighted by Gasteiger charge is 2.54. The fraction of sp³-hybridized carbons (Fsp3) is 0.622. The van der Waals surface area contributed by atoms with E-state index in [-0.39, 0.29) is 64.1 Å². The molecule has 4 amide bonds. The Bertz CT molecular complexity index is 4480. The van der Waals surface area contributed by atoms with Crippen LogP contribution in [0.5, 0.6) is 0 Å². The van der Waals surface area contributed by atoms with Gasteiger partial charge in [0.05, 0.1) is 30.3 Å². The fourth-order valence-corrected chi connectivity index (χ4v) is 17.8. The highest BCUT2D eigenvalue weighted by Crippen LogP contribution is 2.57. The number of fused-ring (bicyclic) bond motifs is 8. The van der Waals surface area contributed by atoms with Gasteiger partial charge in [-0.15, -0.1) is 0 Å². The van der Waals surface area contributed by atoms with Crippen molar-refractivity contribution in [1.82, 2.24) is 19.6 Å². The molecule has 0 bridgehead atoms. The lowest BCUT2D eigenvalue weighted by Gasteiger charge is -2.41. The molecule has 4 aliphatic carbocycles. The summed E-state index contributed by atoms with van der Waals surface area (Å²) >= 11 is 0. The monoisotopic (exact) mass is 1610 g/mol. The van der Waals surface area contributed by atoms with E-state index < -0.39 is 55.1 Å². The average molecular weight is 1610 g/mol. The second-order valence-corrected chi connectivity index (χ2v) is 39.0. The fourth-order valence-electron chi connectivity index (χ4n) is 17.3. The van der Waals surface area contributed by atoms with E-state index >= 15 is 0 Å². The average Bonchev–Trinajstić information content (AvgIpc) is 1.63. The SMILES string of the molecule is CCOC(=O)C1=CC2(CCN(C(=O)OC(C)(C)C)CC2)c2cc(C)c(C)cc21.CCOC(=O)C1CC2(CCN(C(=O)OC(C)(C)C)CC2)c2cc(C)c(C)cc21.Cc1cc2c(cc1C)C1(C=C2OS(=O)(=O)C(F)(F)F)CCN(C(=O)OC(C)(C)C)CC1.Cc1cc2c(cc1C)C1(CCN(C(=O)OC(C)(C)C)CC1)CC2C(C)(C)O. The van der Waals surface area contributed by atoms with Crippen LogP contribution in [0.1, 0.15) is 276 Å². The number of rotatable bonds is 7. The molecule has 0 saturated carbocycles. The van der Waals surface area contributed by atoms with Crippen LogP contribution in [0, 0.1) is 55.4 Å². The zero-order valence-corrected chi connectivity index (χ0v) is 72.8. The molecule has 4 spiro atoms. The molecule has 0 radical (unpaired) electrons. The van der Waals surface area contributed by atoms with Crippen molar-refractivity contribution in [2.45, 2.75) is 297 Å². The van der Waals surface area contributed by atoms with Gasteiger partial charge in [0.2, 0.25) is 0 Å². The van der Waals surface area contributed by atoms with Crippen molar-refractivity contribution in [3.05, 3.63) is 150 Å². The lowest BCUT2D eigenvalue weighted by Crippen LogP contribution is -2.46. The predicted octanol–water partition coefficient (Wildman–Crippen LogP) is 18.8. The summed E-state index contributed by atoms with van der Waals surface area (Å²) in [5.74, 6) is -0.778. The molecule has 4 aliphatic heterocycles. The molecule has 628 valence electrons. The summed E-state index contributed by atoms with van der Waals surface area (Å²) < 4.78 is 99.3. The van der Waals surface area contributed by atoms with Crippen LogP contribution in [0.15, 0.2) is 60.7 Å². The van der Waals surface area contributed by atoms with Crippen LogP contribution in [-0.4, -0.2) is 169 Å². The van der Waals surface area contributed by atoms with Crippen LogP contribution in [0.4, 0.5) is 32.3 Å². The molecule has 4 saturated heterocycles. The molecule has 0 aromatic heterocycles. The summed E-state index contributed by atoms with van der Waals surface area (Å²) in [7, 11) is -5.80. The van der Waals surface area contributed by atoms with Crippen molar-refractivity contribution in [2.24, 2.45) is 0 Å². The van der Waals surface area contributed by atoms with Crippen LogP contribution in [0.25, 0.3) is 11.3 Å². The first-order valence-corrected chi connectivity index (χ1v) is 41.8. The minimum Gasteiger partial charge on any atom is -0.466 e. The molecule has 8 aliphatic rings. The van der Waals surface area contributed by atoms with Gasteiger partial charge in [-0.2, -0.15) is 21.6 Å². The molecule has 12 rings (SSSR count). The number of esters is 2. The van der Waals surface area contributed by atoms with Crippen molar-refractivity contribution in [1.29, 1.82) is 0 Å². The van der Waals surface area contributed by atoms with Gasteiger partial charge in [0, 0.05) is 80.1 Å². The second kappa shape index (κ2) is 33.1. The molecular weight excluding hydrogens is 1480 g/mol. The van der Waals surface area contributed by atoms with E-state index in [4.69, 9.17) is 28.4 Å². The van der Waals surface area contributed by atoms with Crippen LogP contribution < -0.4 is 0 Å². The molecule has 4 heterocycles. The Hall–Kier alpha value is -8.12. The molecule has 4 aromatic carbocycles. The van der Waals surface area contributed by atoms with E-state index in [1.165, 1.54) is 56.1 Å². The number of hydrogen-bond donors (Lipinski definition) is 1. The van der Waals surface area contributed by atoms with Gasteiger partial charge in [0.25, 0.3) is 0 Å². The summed E-state index contributed by atoms with van der Waals surface area (Å²) in [6, 6.07) is 16.9. The van der Waals surface area contributed by atoms with Crippen LogP contribution in [0.2, 0.25) is 0 Å². The van der Waals surface area contributed by atoms with Crippen molar-refractivity contribution in [2.75, 3.05) is 65.6 Å². The maximum Gasteiger partial charge on any atom is 0.534 e. The number of hydrogen-bond acceptors (Lipinski definition) is 16. The van der Waals surface area contributed by atoms with Gasteiger partial charge in [0.1, 0.15) is 28.2 Å². The third-order valence-electron chi connectivity index (χ3n) is 23.9. The predicted molar refractivity (Wildman–Crippen MR) is 435 cm³/mol. The zero-order valence-electron chi connectivity index (χ0n) is 72.0. The smallest absolute Gasteiger partial charge is 0.466 e. The number of piperidine rings is 4. The molecule has 114 heavy (non-hydrogen) atoms. The Balaban J connectivity index is 0.000000174. The largest absolute Gasteiger partial charge is 0.534 e. The molecule has 2 unspecified atom stereocenters. The van der Waals surface area contributed by atoms with Gasteiger partial charge in [-0.3, -0.25) is 4.79 Å². The minimum atomic E-state index is -5.80. The van der Waals surface area contributed by atoms with E-state index in [0.29, 0.717) is 95.1 Å². The standard InChI is InChI=1S/C23H33NO4.C23H31NO4.C23H35NO3.C21H26F3NO5S/c2*1-7-27-20(25)18-14-23(19-13-16(3)15(2)12-17(18)19)8-10-24(11-9-23)21(26)28-22(4,5)6;1-15-12-17-18(13-16(15)2)23(14-19(17)22(6,7)26)8-10-24(11-9-23)20(25)27-21(3,4)5;1-13-10-15-16(11-14(13)2)20(12-17(15)30-31(27,28)21(22,23)24)6-8-25(9-7-20)18(26)29-19(3,4)5/h12-13,18H,7-11,14H2,1-6H3;12-14H,7-11H2,1-6H3;12-13,19,26H,8-11,14H2,1-7H3;10-12H,6-9H2,1-5H3. The second-order valence-electron chi connectivity index (χ2n) is 37.4. The van der Waals surface area contributed by atoms with Crippen LogP contribution >= 0.6 is 0 Å². The molecule has 2 atom stereocenters. The molecule has 4 aromatic rings. The summed E-state index contributed by atoms with van der Waals surface area (Å²) in [6.45, 7) is 51.5. The van der Waals surface area contributed by atoms with Crippen molar-refractivity contribution < 1.29 is 88.1 Å². The molecule has 1 N–H and O–H groups in total. The van der Waals surface area contributed by atoms with Crippen LogP contribution in [0.3, 0.4) is 0 Å². The number of aliphatic hydroxyl groups is 1. The van der Waals surface area contributed by atoms with Crippen molar-refractivity contribution >= 4 is 57.8 Å². The Morgan fingerprint density at radius 1 is 0.430 bits per heavy atom. The number of amides is 4. The van der Waals surface area contributed by atoms with E-state index in [9.17, 15) is 55.5 Å². The van der Waals surface area contributed by atoms with Gasteiger partial charge < -0.3 is 57.3 Å². The minimum absolute atomic E-state index is 0.0526. The molecular formula is C90H125F3N4O16S. The van der Waals surface area contributed by atoms with Gasteiger partial charge in [-0.1, -0.05) is 48.5 Å². The van der Waals surface area contributed by atoms with Crippen molar-refractivity contribution in [3.63, 3.8) is 0 Å². The Kier molecular flexibility index (Phi) is 26.1. The number of halogens is 3. The molecule has 20 nitrogen and oxygen atoms in total. The van der Waals surface area contributed by atoms with Gasteiger partial charge in [-0.25, -0.2) is 24.0 Å². The highest BCUT2D eigenvalue weighted by molar-refractivity contribution is 7.87. The quantitative estimate of drug-likeness (QED) is 0.0784. The third-order valence-corrected chi connectivity index (χ3v) is 24.9. The number of likely N-dealkylation sites (tertiary alicyclic amines) is 4. The number of carbonyl (C=O) groups is 6. The summed E-state index contributed by atoms with van der Waals surface area (Å²) in [5.41, 5.74) is 8.78. The highest BCUT2D eigenvalue weighted by atomic mass is 32.2. The van der Waals surface area contributed by atoms with Crippen molar-refractivity contribution in [3.8, 4) is 0 Å². The number of aryl methyl sites for hydroxylation is 8. The summed E-state index contributed by atoms with van der Waals surface area (Å²) in [6.07, 6.45) is 9.97. The first-order valence-electron chi connectivity index (χ1n) is 40.4. The zero-order chi connectivity index (χ0) is 85.0. The summed E-state index contributed by atoms with van der Waals surface area (Å²) in [4.78, 5) is 81.9. The van der Waals surface area contributed by atoms with Gasteiger partial charge >= 0.3 is 51.9 Å². The van der Waals surface area contributed by atoms with E-state index in [2.05, 4.69) is 88.2 Å². The lowest BCUT2D eigenvalue weighted by molar-refractivity contribution is -0.145. The van der Waals surface area contributed by atoms with E-state index in [1.54, 1.807) is 48.5 Å². The Morgan fingerprint density at radius 3 is 1.11 bits per heavy atom. The Morgan fingerprint density at radius 2 is 0.746 bits per heavy atom. The lowest BCUT2D eigenvalue weighted by atomic mass is 9.72. The maximum absolute atomic E-state index is 12.9. The number of alkyl halides is 3. The van der Waals surface area contributed by atoms with E-state index in [0.717, 1.165) is 79.2 Å². The summed E-state index contributed by atoms with van der Waals surface area (Å²) in [5, 5.41) is 10.8. The molecule has 4 fully saturated rings. The van der Waals surface area contributed by atoms with E-state index in [1.807, 2.05) is 108 Å². The van der Waals surface area contributed by atoms with Crippen LogP contribution in [-0.2, 0) is 74.0 Å². The normalized spacial score (nSPS) is 19.8. The number of carbonyl (C=O) groups excluding carboxylic acids is 6. The first kappa shape index (κ1) is 89.8. The topological polar surface area (TPSA) is 234 Å². The van der Waals surface area contributed by atoms with Gasteiger partial charge in [0.15, 0.2) is 0 Å². The first-order chi connectivity index (χ1) is 52.5. The Labute approximate surface area is 674 Å². The maximum atomic E-state index is 12.9. The van der Waals surface area contributed by atoms with Gasteiger partial charge in [-0.05, 0) is 331 Å². The third kappa shape index (κ3) is 20.1. The number of benzene rings is 4.